The molecule has 4 N–H and O–H groups in total. The number of carbonyl (C=O) groups excluding carboxylic acids is 1. The molecule has 0 unspecified atom stereocenters. The molecule has 0 radical (unpaired) electrons. The average Bonchev–Trinajstić information content (AvgIpc) is 3.00. The van der Waals surface area contributed by atoms with E-state index < -0.39 is 0 Å². The summed E-state index contributed by atoms with van der Waals surface area (Å²) in [5.41, 5.74) is 9.64. The van der Waals surface area contributed by atoms with Crippen LogP contribution in [0.3, 0.4) is 0 Å². The van der Waals surface area contributed by atoms with Crippen molar-refractivity contribution in [2.75, 3.05) is 12.8 Å². The summed E-state index contributed by atoms with van der Waals surface area (Å²) >= 11 is 0. The molecule has 0 saturated heterocycles. The molecule has 0 aliphatic rings. The Morgan fingerprint density at radius 3 is 2.74 bits per heavy atom. The van der Waals surface area contributed by atoms with Crippen LogP contribution in [0.2, 0.25) is 0 Å². The maximum Gasteiger partial charge on any atom is 0.209 e. The van der Waals surface area contributed by atoms with Gasteiger partial charge in [-0.25, -0.2) is 0 Å². The molecule has 2 aromatic carbocycles. The van der Waals surface area contributed by atoms with Gasteiger partial charge in [-0.1, -0.05) is 0 Å². The predicted molar refractivity (Wildman–Crippen MR) is 91.8 cm³/mol. The first-order valence-corrected chi connectivity index (χ1v) is 7.16. The number of carbonyl (C=O) groups is 1. The third-order valence-electron chi connectivity index (χ3n) is 3.99. The van der Waals surface area contributed by atoms with Crippen LogP contribution in [-0.2, 0) is 0 Å². The van der Waals surface area contributed by atoms with Crippen LogP contribution in [-0.4, -0.2) is 24.1 Å². The number of H-pyrrole nitrogens is 1. The van der Waals surface area contributed by atoms with Gasteiger partial charge in [0, 0.05) is 39.5 Å². The first kappa shape index (κ1) is 14.8. The van der Waals surface area contributed by atoms with Crippen LogP contribution >= 0.6 is 0 Å². The average molecular weight is 307 g/mol. The number of benzene rings is 2. The lowest BCUT2D eigenvalue weighted by Crippen LogP contribution is -2.04. The fraction of sp³-hybridized carbons (Fsp3) is 0.111. The second kappa shape index (κ2) is 5.61. The quantitative estimate of drug-likeness (QED) is 0.392. The van der Waals surface area contributed by atoms with E-state index in [0.29, 0.717) is 22.5 Å². The molecule has 0 atom stereocenters. The molecule has 0 fully saturated rings. The van der Waals surface area contributed by atoms with Crippen molar-refractivity contribution in [3.8, 4) is 5.75 Å². The Hall–Kier alpha value is -3.08. The molecule has 1 aromatic heterocycles. The number of anilines is 1. The molecule has 0 amide bonds. The van der Waals surface area contributed by atoms with Crippen molar-refractivity contribution in [1.82, 2.24) is 4.98 Å². The van der Waals surface area contributed by atoms with E-state index in [1.165, 1.54) is 0 Å². The van der Waals surface area contributed by atoms with Crippen molar-refractivity contribution < 1.29 is 9.53 Å². The topological polar surface area (TPSA) is 92.0 Å². The number of hydrogen-bond donors (Lipinski definition) is 3. The summed E-state index contributed by atoms with van der Waals surface area (Å²) < 4.78 is 5.31. The molecule has 5 heteroatoms. The molecule has 0 spiro atoms. The lowest BCUT2D eigenvalue weighted by molar-refractivity contribution is 0.103. The number of nitrogens with one attached hydrogen (secondary N) is 2. The zero-order chi connectivity index (χ0) is 16.6. The molecule has 0 bridgehead atoms. The van der Waals surface area contributed by atoms with E-state index >= 15 is 0 Å². The van der Waals surface area contributed by atoms with E-state index in [-0.39, 0.29) is 5.78 Å². The van der Waals surface area contributed by atoms with Crippen molar-refractivity contribution in [2.45, 2.75) is 6.92 Å². The largest absolute Gasteiger partial charge is 0.496 e. The van der Waals surface area contributed by atoms with Crippen LogP contribution in [0.15, 0.2) is 36.4 Å². The fourth-order valence-corrected chi connectivity index (χ4v) is 2.67. The van der Waals surface area contributed by atoms with Crippen molar-refractivity contribution >= 4 is 28.6 Å². The Morgan fingerprint density at radius 2 is 2.04 bits per heavy atom. The van der Waals surface area contributed by atoms with Crippen LogP contribution in [0.4, 0.5) is 5.69 Å². The predicted octanol–water partition coefficient (Wildman–Crippen LogP) is 3.30. The zero-order valence-electron chi connectivity index (χ0n) is 12.9. The van der Waals surface area contributed by atoms with Gasteiger partial charge < -0.3 is 20.9 Å². The van der Waals surface area contributed by atoms with Crippen LogP contribution in [0.25, 0.3) is 10.9 Å². The minimum atomic E-state index is -0.136. The summed E-state index contributed by atoms with van der Waals surface area (Å²) in [4.78, 5) is 15.8. The second-order valence-electron chi connectivity index (χ2n) is 5.35. The third-order valence-corrected chi connectivity index (χ3v) is 3.99. The molecule has 116 valence electrons. The number of aryl methyl sites for hydroxylation is 1. The van der Waals surface area contributed by atoms with Gasteiger partial charge in [-0.2, -0.15) is 0 Å². The Kier molecular flexibility index (Phi) is 3.62. The zero-order valence-corrected chi connectivity index (χ0v) is 12.9. The third kappa shape index (κ3) is 2.46. The Bertz CT molecular complexity index is 925. The summed E-state index contributed by atoms with van der Waals surface area (Å²) in [6.07, 6.45) is 1.15. The first-order valence-electron chi connectivity index (χ1n) is 7.16. The van der Waals surface area contributed by atoms with Crippen molar-refractivity contribution in [3.05, 3.63) is 58.8 Å². The monoisotopic (exact) mass is 307 g/mol. The highest BCUT2D eigenvalue weighted by molar-refractivity contribution is 6.11. The van der Waals surface area contributed by atoms with E-state index in [0.717, 1.165) is 28.4 Å². The van der Waals surface area contributed by atoms with Gasteiger partial charge in [0.1, 0.15) is 5.75 Å². The first-order chi connectivity index (χ1) is 11.0. The molecule has 1 heterocycles. The lowest BCUT2D eigenvalue weighted by Gasteiger charge is -2.04. The van der Waals surface area contributed by atoms with Crippen LogP contribution in [0.1, 0.15) is 27.2 Å². The minimum absolute atomic E-state index is 0.136. The summed E-state index contributed by atoms with van der Waals surface area (Å²) in [7, 11) is 1.63. The number of rotatable bonds is 4. The molecule has 3 aromatic rings. The number of nitrogens with two attached hydrogens (primary N) is 1. The fourth-order valence-electron chi connectivity index (χ4n) is 2.67. The highest BCUT2D eigenvalue weighted by Gasteiger charge is 2.15. The highest BCUT2D eigenvalue weighted by Crippen LogP contribution is 2.28. The van der Waals surface area contributed by atoms with E-state index in [2.05, 4.69) is 4.98 Å². The molecule has 3 rings (SSSR count). The van der Waals surface area contributed by atoms with E-state index in [9.17, 15) is 4.79 Å². The van der Waals surface area contributed by atoms with Gasteiger partial charge in [0.15, 0.2) is 0 Å². The number of aromatic nitrogens is 1. The van der Waals surface area contributed by atoms with E-state index in [1.54, 1.807) is 25.3 Å². The summed E-state index contributed by atoms with van der Waals surface area (Å²) in [5.74, 6) is 0.650. The molecular weight excluding hydrogens is 290 g/mol. The lowest BCUT2D eigenvalue weighted by atomic mass is 10.0. The van der Waals surface area contributed by atoms with Crippen molar-refractivity contribution in [2.24, 2.45) is 0 Å². The molecule has 5 nitrogen and oxygen atoms in total. The maximum absolute atomic E-state index is 12.7. The molecule has 0 aliphatic carbocycles. The normalized spacial score (nSPS) is 10.7. The summed E-state index contributed by atoms with van der Waals surface area (Å²) in [5, 5.41) is 8.30. The van der Waals surface area contributed by atoms with Gasteiger partial charge in [-0.05, 0) is 43.3 Å². The van der Waals surface area contributed by atoms with Crippen LogP contribution in [0.5, 0.6) is 5.75 Å². The smallest absolute Gasteiger partial charge is 0.209 e. The Morgan fingerprint density at radius 1 is 1.26 bits per heavy atom. The number of nitrogen functional groups attached to an aromatic ring is 1. The maximum atomic E-state index is 12.7. The van der Waals surface area contributed by atoms with Gasteiger partial charge in [-0.15, -0.1) is 0 Å². The van der Waals surface area contributed by atoms with Gasteiger partial charge in [0.2, 0.25) is 5.78 Å². The number of methoxy groups -OCH3 is 1. The Balaban J connectivity index is 2.08. The summed E-state index contributed by atoms with van der Waals surface area (Å²) in [6, 6.07) is 10.5. The van der Waals surface area contributed by atoms with E-state index in [1.807, 2.05) is 25.1 Å². The number of ketones is 1. The van der Waals surface area contributed by atoms with Crippen molar-refractivity contribution in [3.63, 3.8) is 0 Å². The van der Waals surface area contributed by atoms with Gasteiger partial charge in [0.05, 0.1) is 12.8 Å². The highest BCUT2D eigenvalue weighted by atomic mass is 16.5. The molecule has 0 aliphatic heterocycles. The van der Waals surface area contributed by atoms with Crippen molar-refractivity contribution in [1.29, 1.82) is 5.41 Å². The molecular formula is C18H17N3O2. The van der Waals surface area contributed by atoms with Gasteiger partial charge in [0.25, 0.3) is 0 Å². The standard InChI is InChI=1S/C18H17N3O2/c1-10-13-8-16(21-15(13)5-6-17(10)23-2)18(22)11-3-4-14(20)12(7-11)9-19/h3-9,19,21H,20H2,1-2H3. The minimum Gasteiger partial charge on any atom is -0.496 e. The molecule has 23 heavy (non-hydrogen) atoms. The molecule has 0 saturated carbocycles. The summed E-state index contributed by atoms with van der Waals surface area (Å²) in [6.45, 7) is 1.96. The SMILES string of the molecule is COc1ccc2[nH]c(C(=O)c3ccc(N)c(C=N)c3)cc2c1C. The number of aromatic amines is 1. The second-order valence-corrected chi connectivity index (χ2v) is 5.35. The van der Waals surface area contributed by atoms with Gasteiger partial charge in [-0.3, -0.25) is 4.79 Å². The van der Waals surface area contributed by atoms with Crippen LogP contribution < -0.4 is 10.5 Å². The Labute approximate surface area is 133 Å². The van der Waals surface area contributed by atoms with Crippen LogP contribution in [0, 0.1) is 12.3 Å². The van der Waals surface area contributed by atoms with E-state index in [4.69, 9.17) is 15.9 Å². The number of ether oxygens (including phenoxy) is 1. The number of hydrogen-bond acceptors (Lipinski definition) is 4. The van der Waals surface area contributed by atoms with Gasteiger partial charge >= 0.3 is 0 Å². The number of fused-ring (bicyclic) bond motifs is 1.